The van der Waals surface area contributed by atoms with Gasteiger partial charge in [-0.2, -0.15) is 0 Å². The van der Waals surface area contributed by atoms with Crippen LogP contribution in [0.15, 0.2) is 35.9 Å². The number of benzene rings is 1. The predicted molar refractivity (Wildman–Crippen MR) is 76.3 cm³/mol. The first-order chi connectivity index (χ1) is 7.89. The van der Waals surface area contributed by atoms with Crippen molar-refractivity contribution in [2.45, 2.75) is 40.2 Å². The van der Waals surface area contributed by atoms with Crippen molar-refractivity contribution in [3.8, 4) is 0 Å². The molecular weight excluding hydrogens is 206 g/mol. The second-order valence-corrected chi connectivity index (χ2v) is 5.86. The van der Waals surface area contributed by atoms with Gasteiger partial charge in [-0.1, -0.05) is 23.8 Å². The smallest absolute Gasteiger partial charge is 0.0490 e. The second-order valence-electron chi connectivity index (χ2n) is 5.86. The highest BCUT2D eigenvalue weighted by molar-refractivity contribution is 5.84. The zero-order valence-corrected chi connectivity index (χ0v) is 11.4. The molecule has 0 spiro atoms. The fourth-order valence-corrected chi connectivity index (χ4v) is 2.33. The molecule has 0 fully saturated rings. The first kappa shape index (κ1) is 12.0. The van der Waals surface area contributed by atoms with Crippen molar-refractivity contribution in [1.82, 2.24) is 4.57 Å². The molecule has 0 saturated heterocycles. The predicted octanol–water partition coefficient (Wildman–Crippen LogP) is 4.82. The Hall–Kier alpha value is -1.50. The Kier molecular flexibility index (Phi) is 2.86. The Balaban J connectivity index is 2.79. The van der Waals surface area contributed by atoms with Gasteiger partial charge in [-0.05, 0) is 52.8 Å². The van der Waals surface area contributed by atoms with Crippen LogP contribution in [0.2, 0.25) is 0 Å². The summed E-state index contributed by atoms with van der Waals surface area (Å²) in [6.45, 7) is 11.0. The normalized spacial score (nSPS) is 11.8. The fourth-order valence-electron chi connectivity index (χ4n) is 2.33. The van der Waals surface area contributed by atoms with Gasteiger partial charge in [0.1, 0.15) is 0 Å². The van der Waals surface area contributed by atoms with Crippen LogP contribution in [0, 0.1) is 0 Å². The minimum absolute atomic E-state index is 0.102. The zero-order chi connectivity index (χ0) is 12.6. The number of para-hydroxylation sites is 1. The maximum atomic E-state index is 2.41. The van der Waals surface area contributed by atoms with Gasteiger partial charge in [-0.25, -0.2) is 0 Å². The summed E-state index contributed by atoms with van der Waals surface area (Å²) in [6, 6.07) is 10.9. The van der Waals surface area contributed by atoms with Crippen molar-refractivity contribution in [3.05, 3.63) is 41.6 Å². The van der Waals surface area contributed by atoms with E-state index < -0.39 is 0 Å². The highest BCUT2D eigenvalue weighted by Crippen LogP contribution is 2.28. The molecule has 1 heterocycles. The van der Waals surface area contributed by atoms with E-state index in [1.54, 1.807) is 0 Å². The Morgan fingerprint density at radius 3 is 2.35 bits per heavy atom. The van der Waals surface area contributed by atoms with Crippen molar-refractivity contribution in [3.63, 3.8) is 0 Å². The molecule has 0 radical (unpaired) electrons. The first-order valence-electron chi connectivity index (χ1n) is 6.15. The maximum absolute atomic E-state index is 2.41. The van der Waals surface area contributed by atoms with E-state index in [0.29, 0.717) is 0 Å². The summed E-state index contributed by atoms with van der Waals surface area (Å²) in [5, 5.41) is 1.31. The lowest BCUT2D eigenvalue weighted by Crippen LogP contribution is -2.22. The SMILES string of the molecule is CC(C)=Cc1cc2ccccc2n1C(C)(C)C. The number of rotatable bonds is 1. The van der Waals surface area contributed by atoms with Crippen LogP contribution in [0.4, 0.5) is 0 Å². The third kappa shape index (κ3) is 2.28. The highest BCUT2D eigenvalue weighted by Gasteiger charge is 2.18. The number of hydrogen-bond acceptors (Lipinski definition) is 0. The van der Waals surface area contributed by atoms with E-state index in [9.17, 15) is 0 Å². The van der Waals surface area contributed by atoms with Crippen LogP contribution in [0.25, 0.3) is 17.0 Å². The van der Waals surface area contributed by atoms with Gasteiger partial charge in [0.2, 0.25) is 0 Å². The molecule has 1 aromatic heterocycles. The molecule has 0 bridgehead atoms. The molecule has 0 unspecified atom stereocenters. The van der Waals surface area contributed by atoms with E-state index in [1.807, 2.05) is 0 Å². The van der Waals surface area contributed by atoms with Crippen LogP contribution in [0.5, 0.6) is 0 Å². The highest BCUT2D eigenvalue weighted by atomic mass is 15.1. The van der Waals surface area contributed by atoms with E-state index in [0.717, 1.165) is 0 Å². The van der Waals surface area contributed by atoms with Gasteiger partial charge in [0.25, 0.3) is 0 Å². The van der Waals surface area contributed by atoms with Gasteiger partial charge in [0.15, 0.2) is 0 Å². The van der Waals surface area contributed by atoms with Gasteiger partial charge in [-0.15, -0.1) is 0 Å². The maximum Gasteiger partial charge on any atom is 0.0490 e. The third-order valence-electron chi connectivity index (χ3n) is 2.85. The molecular formula is C16H21N. The van der Waals surface area contributed by atoms with Crippen molar-refractivity contribution >= 4 is 17.0 Å². The summed E-state index contributed by atoms with van der Waals surface area (Å²) in [6.07, 6.45) is 2.26. The van der Waals surface area contributed by atoms with Crippen LogP contribution < -0.4 is 0 Å². The van der Waals surface area contributed by atoms with E-state index in [-0.39, 0.29) is 5.54 Å². The van der Waals surface area contributed by atoms with Gasteiger partial charge in [-0.3, -0.25) is 0 Å². The van der Waals surface area contributed by atoms with Crippen LogP contribution in [-0.4, -0.2) is 4.57 Å². The molecule has 0 saturated carbocycles. The van der Waals surface area contributed by atoms with Crippen LogP contribution in [0.1, 0.15) is 40.3 Å². The number of aromatic nitrogens is 1. The fraction of sp³-hybridized carbons (Fsp3) is 0.375. The summed E-state index contributed by atoms with van der Waals surface area (Å²) < 4.78 is 2.41. The molecule has 0 N–H and O–H groups in total. The molecule has 0 atom stereocenters. The number of fused-ring (bicyclic) bond motifs is 1. The third-order valence-corrected chi connectivity index (χ3v) is 2.85. The van der Waals surface area contributed by atoms with Gasteiger partial charge >= 0.3 is 0 Å². The average Bonchev–Trinajstić information content (AvgIpc) is 2.53. The van der Waals surface area contributed by atoms with Crippen molar-refractivity contribution in [1.29, 1.82) is 0 Å². The topological polar surface area (TPSA) is 4.93 Å². The lowest BCUT2D eigenvalue weighted by molar-refractivity contribution is 0.408. The van der Waals surface area contributed by atoms with Crippen LogP contribution >= 0.6 is 0 Å². The molecule has 2 rings (SSSR count). The Morgan fingerprint density at radius 2 is 1.76 bits per heavy atom. The summed E-state index contributed by atoms with van der Waals surface area (Å²) in [7, 11) is 0. The van der Waals surface area contributed by atoms with Crippen molar-refractivity contribution in [2.24, 2.45) is 0 Å². The van der Waals surface area contributed by atoms with Crippen LogP contribution in [0.3, 0.4) is 0 Å². The molecule has 0 aliphatic carbocycles. The Morgan fingerprint density at radius 1 is 1.12 bits per heavy atom. The van der Waals surface area contributed by atoms with E-state index in [1.165, 1.54) is 22.2 Å². The van der Waals surface area contributed by atoms with Crippen molar-refractivity contribution < 1.29 is 0 Å². The molecule has 1 aromatic carbocycles. The quantitative estimate of drug-likeness (QED) is 0.658. The average molecular weight is 227 g/mol. The van der Waals surface area contributed by atoms with Crippen LogP contribution in [-0.2, 0) is 5.54 Å². The number of nitrogens with zero attached hydrogens (tertiary/aromatic N) is 1. The zero-order valence-electron chi connectivity index (χ0n) is 11.4. The minimum Gasteiger partial charge on any atom is -0.336 e. The molecule has 17 heavy (non-hydrogen) atoms. The molecule has 0 aliphatic heterocycles. The first-order valence-corrected chi connectivity index (χ1v) is 6.15. The lowest BCUT2D eigenvalue weighted by Gasteiger charge is -2.25. The molecule has 1 nitrogen and oxygen atoms in total. The molecule has 1 heteroatoms. The van der Waals surface area contributed by atoms with Gasteiger partial charge in [0.05, 0.1) is 0 Å². The second kappa shape index (κ2) is 4.06. The number of allylic oxidation sites excluding steroid dienone is 1. The van der Waals surface area contributed by atoms with E-state index in [2.05, 4.69) is 75.6 Å². The van der Waals surface area contributed by atoms with Crippen molar-refractivity contribution in [2.75, 3.05) is 0 Å². The monoisotopic (exact) mass is 227 g/mol. The van der Waals surface area contributed by atoms with E-state index >= 15 is 0 Å². The van der Waals surface area contributed by atoms with Gasteiger partial charge < -0.3 is 4.57 Å². The largest absolute Gasteiger partial charge is 0.336 e. The lowest BCUT2D eigenvalue weighted by atomic mass is 10.1. The summed E-state index contributed by atoms with van der Waals surface area (Å²) in [5.41, 5.74) is 4.04. The molecule has 0 aliphatic rings. The molecule has 90 valence electrons. The minimum atomic E-state index is 0.102. The summed E-state index contributed by atoms with van der Waals surface area (Å²) in [5.74, 6) is 0. The summed E-state index contributed by atoms with van der Waals surface area (Å²) in [4.78, 5) is 0. The summed E-state index contributed by atoms with van der Waals surface area (Å²) >= 11 is 0. The Labute approximate surface area is 104 Å². The molecule has 2 aromatic rings. The van der Waals surface area contributed by atoms with E-state index in [4.69, 9.17) is 0 Å². The Bertz CT molecular complexity index is 561. The number of hydrogen-bond donors (Lipinski definition) is 0. The van der Waals surface area contributed by atoms with Gasteiger partial charge in [0, 0.05) is 22.1 Å². The molecule has 0 amide bonds. The standard InChI is InChI=1S/C16H21N/c1-12(2)10-14-11-13-8-6-7-9-15(13)17(14)16(3,4)5/h6-11H,1-5H3.